The van der Waals surface area contributed by atoms with E-state index in [9.17, 15) is 16.8 Å². The predicted octanol–water partition coefficient (Wildman–Crippen LogP) is 1.89. The van der Waals surface area contributed by atoms with Crippen molar-refractivity contribution in [1.82, 2.24) is 4.31 Å². The summed E-state index contributed by atoms with van der Waals surface area (Å²) in [6, 6.07) is 5.10. The Kier molecular flexibility index (Phi) is 4.99. The molecule has 0 unspecified atom stereocenters. The smallest absolute Gasteiger partial charge is 0.229 e. The van der Waals surface area contributed by atoms with Crippen molar-refractivity contribution in [3.8, 4) is 0 Å². The molecule has 1 aliphatic heterocycles. The van der Waals surface area contributed by atoms with E-state index in [-0.39, 0.29) is 23.7 Å². The van der Waals surface area contributed by atoms with Crippen LogP contribution in [-0.2, 0) is 19.9 Å². The summed E-state index contributed by atoms with van der Waals surface area (Å²) in [5.41, 5.74) is 1.98. The highest BCUT2D eigenvalue weighted by Crippen LogP contribution is 2.25. The van der Waals surface area contributed by atoms with Crippen LogP contribution in [0.2, 0.25) is 0 Å². The van der Waals surface area contributed by atoms with Crippen LogP contribution in [0.25, 0.3) is 0 Å². The Labute approximate surface area is 133 Å². The molecule has 2 rings (SSSR count). The molecule has 1 aromatic rings. The molecule has 5 nitrogen and oxygen atoms in total. The van der Waals surface area contributed by atoms with Gasteiger partial charge in [0.05, 0.1) is 10.1 Å². The van der Waals surface area contributed by atoms with Gasteiger partial charge >= 0.3 is 0 Å². The molecule has 0 N–H and O–H groups in total. The molecule has 0 spiro atoms. The first-order valence-electron chi connectivity index (χ1n) is 7.47. The second kappa shape index (κ2) is 6.29. The molecule has 22 heavy (non-hydrogen) atoms. The number of benzene rings is 1. The third kappa shape index (κ3) is 3.36. The fraction of sp³-hybridized carbons (Fsp3) is 0.600. The Morgan fingerprint density at radius 2 is 1.64 bits per heavy atom. The first-order valence-corrected chi connectivity index (χ1v) is 10.6. The van der Waals surface area contributed by atoms with Crippen molar-refractivity contribution in [3.05, 3.63) is 29.3 Å². The third-order valence-corrected chi connectivity index (χ3v) is 8.61. The van der Waals surface area contributed by atoms with E-state index in [2.05, 4.69) is 0 Å². The predicted molar refractivity (Wildman–Crippen MR) is 87.2 cm³/mol. The van der Waals surface area contributed by atoms with Gasteiger partial charge in [-0.05, 0) is 49.9 Å². The van der Waals surface area contributed by atoms with Gasteiger partial charge in [0.2, 0.25) is 10.0 Å². The Hall–Kier alpha value is -0.920. The molecular formula is C15H23NO4S2. The molecule has 1 aromatic carbocycles. The average molecular weight is 345 g/mol. The minimum atomic E-state index is -3.54. The summed E-state index contributed by atoms with van der Waals surface area (Å²) in [7, 11) is -6.63. The van der Waals surface area contributed by atoms with Crippen LogP contribution in [-0.4, -0.2) is 45.2 Å². The first kappa shape index (κ1) is 17.4. The Morgan fingerprint density at radius 3 is 2.14 bits per heavy atom. The van der Waals surface area contributed by atoms with Crippen LogP contribution in [0.3, 0.4) is 0 Å². The van der Waals surface area contributed by atoms with Crippen LogP contribution >= 0.6 is 0 Å². The summed E-state index contributed by atoms with van der Waals surface area (Å²) >= 11 is 0. The van der Waals surface area contributed by atoms with Gasteiger partial charge in [-0.3, -0.25) is 0 Å². The van der Waals surface area contributed by atoms with E-state index in [4.69, 9.17) is 0 Å². The number of rotatable bonds is 4. The number of hydrogen-bond donors (Lipinski definition) is 0. The van der Waals surface area contributed by atoms with E-state index < -0.39 is 25.1 Å². The molecule has 7 heteroatoms. The van der Waals surface area contributed by atoms with Crippen LogP contribution < -0.4 is 0 Å². The fourth-order valence-corrected chi connectivity index (χ4v) is 5.65. The number of piperidine rings is 1. The maximum atomic E-state index is 12.7. The summed E-state index contributed by atoms with van der Waals surface area (Å²) in [4.78, 5) is 0.285. The molecule has 0 saturated carbocycles. The quantitative estimate of drug-likeness (QED) is 0.835. The van der Waals surface area contributed by atoms with Crippen molar-refractivity contribution in [2.24, 2.45) is 0 Å². The van der Waals surface area contributed by atoms with Crippen molar-refractivity contribution in [1.29, 1.82) is 0 Å². The zero-order valence-corrected chi connectivity index (χ0v) is 14.9. The zero-order chi connectivity index (χ0) is 16.5. The summed E-state index contributed by atoms with van der Waals surface area (Å²) in [5, 5.41) is -0.413. The lowest BCUT2D eigenvalue weighted by Gasteiger charge is -2.30. The van der Waals surface area contributed by atoms with Crippen LogP contribution in [0.4, 0.5) is 0 Å². The molecule has 1 heterocycles. The number of aryl methyl sites for hydroxylation is 2. The number of sulfone groups is 1. The lowest BCUT2D eigenvalue weighted by molar-refractivity contribution is 0.345. The minimum Gasteiger partial charge on any atom is -0.229 e. The summed E-state index contributed by atoms with van der Waals surface area (Å²) in [6.45, 7) is 5.98. The van der Waals surface area contributed by atoms with Gasteiger partial charge in [0.15, 0.2) is 9.84 Å². The molecule has 1 aliphatic rings. The lowest BCUT2D eigenvalue weighted by atomic mass is 10.1. The van der Waals surface area contributed by atoms with Crippen molar-refractivity contribution in [2.45, 2.75) is 43.8 Å². The number of nitrogens with zero attached hydrogens (tertiary/aromatic N) is 1. The van der Waals surface area contributed by atoms with E-state index in [1.54, 1.807) is 25.1 Å². The van der Waals surface area contributed by atoms with Gasteiger partial charge in [0.1, 0.15) is 0 Å². The van der Waals surface area contributed by atoms with Gasteiger partial charge in [-0.15, -0.1) is 0 Å². The lowest BCUT2D eigenvalue weighted by Crippen LogP contribution is -2.42. The van der Waals surface area contributed by atoms with Crippen molar-refractivity contribution in [3.63, 3.8) is 0 Å². The van der Waals surface area contributed by atoms with Crippen LogP contribution in [0, 0.1) is 13.8 Å². The standard InChI is InChI=1S/C15H23NO4S2/c1-4-21(17,18)14-7-9-16(10-8-14)22(19,20)15-6-5-12(2)13(3)11-15/h5-6,11,14H,4,7-10H2,1-3H3. The van der Waals surface area contributed by atoms with Gasteiger partial charge in [-0.1, -0.05) is 13.0 Å². The highest BCUT2D eigenvalue weighted by molar-refractivity contribution is 7.92. The van der Waals surface area contributed by atoms with Crippen LogP contribution in [0.1, 0.15) is 30.9 Å². The molecule has 1 fully saturated rings. The first-order chi connectivity index (χ1) is 10.2. The molecule has 0 bridgehead atoms. The summed E-state index contributed by atoms with van der Waals surface area (Å²) in [6.07, 6.45) is 0.750. The van der Waals surface area contributed by atoms with Crippen molar-refractivity contribution >= 4 is 19.9 Å². The van der Waals surface area contributed by atoms with Crippen molar-refractivity contribution < 1.29 is 16.8 Å². The van der Waals surface area contributed by atoms with Crippen LogP contribution in [0.15, 0.2) is 23.1 Å². The molecule has 0 amide bonds. The molecule has 0 radical (unpaired) electrons. The maximum Gasteiger partial charge on any atom is 0.243 e. The highest BCUT2D eigenvalue weighted by Gasteiger charge is 2.34. The zero-order valence-electron chi connectivity index (χ0n) is 13.2. The monoisotopic (exact) mass is 345 g/mol. The highest BCUT2D eigenvalue weighted by atomic mass is 32.2. The van der Waals surface area contributed by atoms with Gasteiger partial charge in [0, 0.05) is 18.8 Å². The average Bonchev–Trinajstić information content (AvgIpc) is 2.50. The van der Waals surface area contributed by atoms with Gasteiger partial charge in [0.25, 0.3) is 0 Å². The third-order valence-electron chi connectivity index (χ3n) is 4.43. The van der Waals surface area contributed by atoms with E-state index >= 15 is 0 Å². The Balaban J connectivity index is 2.18. The maximum absolute atomic E-state index is 12.7. The second-order valence-corrected chi connectivity index (χ2v) is 10.3. The Morgan fingerprint density at radius 1 is 1.05 bits per heavy atom. The molecule has 1 saturated heterocycles. The Bertz CT molecular complexity index is 746. The van der Waals surface area contributed by atoms with E-state index in [1.807, 2.05) is 13.8 Å². The van der Waals surface area contributed by atoms with E-state index in [0.29, 0.717) is 12.8 Å². The number of hydrogen-bond acceptors (Lipinski definition) is 4. The molecular weight excluding hydrogens is 322 g/mol. The second-order valence-electron chi connectivity index (χ2n) is 5.80. The van der Waals surface area contributed by atoms with Crippen molar-refractivity contribution in [2.75, 3.05) is 18.8 Å². The molecule has 124 valence electrons. The van der Waals surface area contributed by atoms with E-state index in [1.165, 1.54) is 4.31 Å². The van der Waals surface area contributed by atoms with Crippen LogP contribution in [0.5, 0.6) is 0 Å². The minimum absolute atomic E-state index is 0.113. The van der Waals surface area contributed by atoms with Gasteiger partial charge in [-0.25, -0.2) is 16.8 Å². The van der Waals surface area contributed by atoms with E-state index in [0.717, 1.165) is 11.1 Å². The fourth-order valence-electron chi connectivity index (χ4n) is 2.69. The topological polar surface area (TPSA) is 71.5 Å². The normalized spacial score (nSPS) is 18.5. The summed E-state index contributed by atoms with van der Waals surface area (Å²) < 4.78 is 50.5. The largest absolute Gasteiger partial charge is 0.243 e. The molecule has 0 atom stereocenters. The SMILES string of the molecule is CCS(=O)(=O)C1CCN(S(=O)(=O)c2ccc(C)c(C)c2)CC1. The van der Waals surface area contributed by atoms with Gasteiger partial charge < -0.3 is 0 Å². The molecule has 0 aromatic heterocycles. The summed E-state index contributed by atoms with van der Waals surface area (Å²) in [5.74, 6) is 0.113. The molecule has 0 aliphatic carbocycles. The van der Waals surface area contributed by atoms with Gasteiger partial charge in [-0.2, -0.15) is 4.31 Å². The number of sulfonamides is 1.